The van der Waals surface area contributed by atoms with Crippen LogP contribution in [0.25, 0.3) is 10.6 Å². The maximum Gasteiger partial charge on any atom is 0.271 e. The van der Waals surface area contributed by atoms with Crippen molar-refractivity contribution in [1.82, 2.24) is 15.6 Å². The van der Waals surface area contributed by atoms with E-state index in [1.165, 1.54) is 16.9 Å². The lowest BCUT2D eigenvalue weighted by Gasteiger charge is -2.12. The van der Waals surface area contributed by atoms with Crippen molar-refractivity contribution in [2.45, 2.75) is 33.2 Å². The molecule has 0 radical (unpaired) electrons. The fraction of sp³-hybridized carbons (Fsp3) is 0.353. The summed E-state index contributed by atoms with van der Waals surface area (Å²) in [5.74, 6) is -0.539. The van der Waals surface area contributed by atoms with Gasteiger partial charge in [0.05, 0.1) is 0 Å². The van der Waals surface area contributed by atoms with E-state index in [2.05, 4.69) is 34.7 Å². The van der Waals surface area contributed by atoms with E-state index in [-0.39, 0.29) is 11.8 Å². The summed E-state index contributed by atoms with van der Waals surface area (Å²) >= 11 is 1.42. The highest BCUT2D eigenvalue weighted by molar-refractivity contribution is 7.13. The monoisotopic (exact) mass is 331 g/mol. The number of rotatable bonds is 6. The van der Waals surface area contributed by atoms with Crippen molar-refractivity contribution in [3.8, 4) is 10.6 Å². The van der Waals surface area contributed by atoms with E-state index in [4.69, 9.17) is 0 Å². The molecule has 1 unspecified atom stereocenters. The molecule has 0 aliphatic heterocycles. The zero-order valence-electron chi connectivity index (χ0n) is 13.6. The maximum absolute atomic E-state index is 12.2. The summed E-state index contributed by atoms with van der Waals surface area (Å²) in [4.78, 5) is 28.2. The molecule has 122 valence electrons. The molecule has 2 rings (SSSR count). The smallest absolute Gasteiger partial charge is 0.271 e. The number of nitrogens with one attached hydrogen (secondary N) is 2. The molecule has 0 saturated heterocycles. The van der Waals surface area contributed by atoms with E-state index < -0.39 is 6.04 Å². The first kappa shape index (κ1) is 17.1. The number of benzene rings is 1. The summed E-state index contributed by atoms with van der Waals surface area (Å²) in [6.45, 7) is 6.13. The average molecular weight is 331 g/mol. The molecule has 0 spiro atoms. The van der Waals surface area contributed by atoms with Crippen molar-refractivity contribution < 1.29 is 9.59 Å². The first-order chi connectivity index (χ1) is 11.0. The zero-order valence-corrected chi connectivity index (χ0v) is 14.4. The van der Waals surface area contributed by atoms with Crippen molar-refractivity contribution >= 4 is 23.2 Å². The highest BCUT2D eigenvalue weighted by Crippen LogP contribution is 2.24. The van der Waals surface area contributed by atoms with Gasteiger partial charge in [0.1, 0.15) is 16.7 Å². The van der Waals surface area contributed by atoms with Crippen molar-refractivity contribution in [1.29, 1.82) is 0 Å². The van der Waals surface area contributed by atoms with Crippen molar-refractivity contribution in [3.05, 3.63) is 40.9 Å². The Morgan fingerprint density at radius 3 is 2.52 bits per heavy atom. The highest BCUT2D eigenvalue weighted by atomic mass is 32.1. The van der Waals surface area contributed by atoms with Gasteiger partial charge in [-0.25, -0.2) is 4.98 Å². The quantitative estimate of drug-likeness (QED) is 0.855. The van der Waals surface area contributed by atoms with E-state index in [1.54, 1.807) is 12.3 Å². The number of nitrogens with zero attached hydrogens (tertiary/aromatic N) is 1. The number of amides is 2. The molecule has 2 amide bonds. The molecule has 6 heteroatoms. The van der Waals surface area contributed by atoms with Crippen LogP contribution in [-0.2, 0) is 11.2 Å². The van der Waals surface area contributed by atoms with Gasteiger partial charge in [-0.2, -0.15) is 0 Å². The summed E-state index contributed by atoms with van der Waals surface area (Å²) in [7, 11) is 0. The Morgan fingerprint density at radius 2 is 1.91 bits per heavy atom. The first-order valence-corrected chi connectivity index (χ1v) is 8.56. The number of hydrogen-bond donors (Lipinski definition) is 2. The zero-order chi connectivity index (χ0) is 16.8. The lowest BCUT2D eigenvalue weighted by atomic mass is 10.1. The molecule has 5 nitrogen and oxygen atoms in total. The first-order valence-electron chi connectivity index (χ1n) is 7.68. The molecule has 23 heavy (non-hydrogen) atoms. The normalized spacial score (nSPS) is 11.8. The van der Waals surface area contributed by atoms with Gasteiger partial charge >= 0.3 is 0 Å². The predicted octanol–water partition coefficient (Wildman–Crippen LogP) is 2.63. The molecule has 0 aliphatic rings. The number of hydrogen-bond acceptors (Lipinski definition) is 4. The van der Waals surface area contributed by atoms with Crippen molar-refractivity contribution in [2.24, 2.45) is 0 Å². The Hall–Kier alpha value is -2.21. The van der Waals surface area contributed by atoms with E-state index in [9.17, 15) is 9.59 Å². The Kier molecular flexibility index (Phi) is 5.87. The molecule has 1 atom stereocenters. The second-order valence-electron chi connectivity index (χ2n) is 5.18. The molecule has 2 aromatic rings. The molecule has 1 heterocycles. The molecule has 0 aliphatic carbocycles. The van der Waals surface area contributed by atoms with E-state index in [0.29, 0.717) is 12.2 Å². The number of aryl methyl sites for hydroxylation is 1. The van der Waals surface area contributed by atoms with Gasteiger partial charge < -0.3 is 10.6 Å². The molecule has 1 aromatic carbocycles. The van der Waals surface area contributed by atoms with Gasteiger partial charge in [-0.05, 0) is 25.8 Å². The lowest BCUT2D eigenvalue weighted by molar-refractivity contribution is -0.122. The Morgan fingerprint density at radius 1 is 1.22 bits per heavy atom. The SMILES string of the molecule is CCNC(=O)C(C)NC(=O)c1csc(-c2ccc(CC)cc2)n1. The molecular formula is C17H21N3O2S. The standard InChI is InChI=1S/C17H21N3O2S/c1-4-12-6-8-13(9-7-12)17-20-14(10-23-17)16(22)19-11(3)15(21)18-5-2/h6-11H,4-5H2,1-3H3,(H,18,21)(H,19,22). The number of carbonyl (C=O) groups excluding carboxylic acids is 2. The predicted molar refractivity (Wildman–Crippen MR) is 92.5 cm³/mol. The molecular weight excluding hydrogens is 310 g/mol. The van der Waals surface area contributed by atoms with Gasteiger partial charge in [0.25, 0.3) is 5.91 Å². The summed E-state index contributed by atoms with van der Waals surface area (Å²) in [5.41, 5.74) is 2.59. The molecule has 0 saturated carbocycles. The highest BCUT2D eigenvalue weighted by Gasteiger charge is 2.18. The number of aromatic nitrogens is 1. The van der Waals surface area contributed by atoms with Crippen LogP contribution in [0.1, 0.15) is 36.8 Å². The largest absolute Gasteiger partial charge is 0.355 e. The van der Waals surface area contributed by atoms with Gasteiger partial charge in [0.2, 0.25) is 5.91 Å². The number of likely N-dealkylation sites (N-methyl/N-ethyl adjacent to an activating group) is 1. The second kappa shape index (κ2) is 7.87. The fourth-order valence-corrected chi connectivity index (χ4v) is 2.86. The van der Waals surface area contributed by atoms with Crippen LogP contribution in [0.4, 0.5) is 0 Å². The van der Waals surface area contributed by atoms with Gasteiger partial charge in [-0.1, -0.05) is 31.2 Å². The molecule has 0 fully saturated rings. The van der Waals surface area contributed by atoms with Gasteiger partial charge in [-0.3, -0.25) is 9.59 Å². The van der Waals surface area contributed by atoms with Crippen LogP contribution in [0.3, 0.4) is 0 Å². The summed E-state index contributed by atoms with van der Waals surface area (Å²) < 4.78 is 0. The third kappa shape index (κ3) is 4.39. The number of thiazole rings is 1. The van der Waals surface area contributed by atoms with Crippen LogP contribution in [-0.4, -0.2) is 29.4 Å². The van der Waals surface area contributed by atoms with E-state index >= 15 is 0 Å². The van der Waals surface area contributed by atoms with E-state index in [1.807, 2.05) is 19.1 Å². The second-order valence-corrected chi connectivity index (χ2v) is 6.04. The minimum absolute atomic E-state index is 0.202. The lowest BCUT2D eigenvalue weighted by Crippen LogP contribution is -2.44. The Balaban J connectivity index is 2.05. The average Bonchev–Trinajstić information content (AvgIpc) is 3.05. The Labute approximate surface area is 140 Å². The van der Waals surface area contributed by atoms with Crippen LogP contribution < -0.4 is 10.6 Å². The van der Waals surface area contributed by atoms with Crippen LogP contribution in [0.15, 0.2) is 29.6 Å². The van der Waals surface area contributed by atoms with Crippen LogP contribution >= 0.6 is 11.3 Å². The maximum atomic E-state index is 12.2. The van der Waals surface area contributed by atoms with Crippen molar-refractivity contribution in [2.75, 3.05) is 6.54 Å². The van der Waals surface area contributed by atoms with E-state index in [0.717, 1.165) is 17.0 Å². The van der Waals surface area contributed by atoms with Crippen LogP contribution in [0.5, 0.6) is 0 Å². The molecule has 0 bridgehead atoms. The third-order valence-electron chi connectivity index (χ3n) is 3.44. The molecule has 2 N–H and O–H groups in total. The third-order valence-corrected chi connectivity index (χ3v) is 4.33. The van der Waals surface area contributed by atoms with Crippen LogP contribution in [0, 0.1) is 0 Å². The number of carbonyl (C=O) groups is 2. The van der Waals surface area contributed by atoms with Gasteiger partial charge in [-0.15, -0.1) is 11.3 Å². The fourth-order valence-electron chi connectivity index (χ4n) is 2.06. The molecule has 1 aromatic heterocycles. The van der Waals surface area contributed by atoms with Crippen LogP contribution in [0.2, 0.25) is 0 Å². The van der Waals surface area contributed by atoms with Crippen molar-refractivity contribution in [3.63, 3.8) is 0 Å². The summed E-state index contributed by atoms with van der Waals surface area (Å²) in [6.07, 6.45) is 0.990. The topological polar surface area (TPSA) is 71.1 Å². The van der Waals surface area contributed by atoms with Gasteiger partial charge in [0, 0.05) is 17.5 Å². The summed E-state index contributed by atoms with van der Waals surface area (Å²) in [5, 5.41) is 7.84. The minimum Gasteiger partial charge on any atom is -0.355 e. The Bertz CT molecular complexity index is 679. The minimum atomic E-state index is -0.587. The summed E-state index contributed by atoms with van der Waals surface area (Å²) in [6, 6.07) is 7.56. The van der Waals surface area contributed by atoms with Gasteiger partial charge in [0.15, 0.2) is 0 Å².